The molecule has 0 heterocycles. The number of benzene rings is 1. The van der Waals surface area contributed by atoms with Gasteiger partial charge in [-0.15, -0.1) is 0 Å². The van der Waals surface area contributed by atoms with Gasteiger partial charge in [0.15, 0.2) is 0 Å². The number of rotatable bonds is 3. The third-order valence-corrected chi connectivity index (χ3v) is 1.74. The third-order valence-electron chi connectivity index (χ3n) is 1.74. The minimum Gasteiger partial charge on any atom is -0.380 e. The summed E-state index contributed by atoms with van der Waals surface area (Å²) >= 11 is 0. The summed E-state index contributed by atoms with van der Waals surface area (Å²) in [6.07, 6.45) is 0. The Balaban J connectivity index is 2.81. The van der Waals surface area contributed by atoms with E-state index in [2.05, 4.69) is 23.1 Å². The van der Waals surface area contributed by atoms with Crippen molar-refractivity contribution < 1.29 is 4.74 Å². The molecule has 2 heteroatoms. The zero-order valence-electron chi connectivity index (χ0n) is 7.87. The number of hydrogen-bond donors (Lipinski definition) is 0. The highest BCUT2D eigenvalue weighted by molar-refractivity contribution is 5.46. The minimum atomic E-state index is 0.682. The summed E-state index contributed by atoms with van der Waals surface area (Å²) in [5.41, 5.74) is 2.42. The number of nitrogens with zero attached hydrogens (tertiary/aromatic N) is 1. The zero-order chi connectivity index (χ0) is 8.97. The Hall–Kier alpha value is -1.02. The topological polar surface area (TPSA) is 12.5 Å². The molecule has 0 saturated heterocycles. The quantitative estimate of drug-likeness (QED) is 0.678. The molecule has 0 spiro atoms. The van der Waals surface area contributed by atoms with E-state index in [0.29, 0.717) is 6.61 Å². The second-order valence-electron chi connectivity index (χ2n) is 3.00. The fourth-order valence-electron chi connectivity index (χ4n) is 1.09. The van der Waals surface area contributed by atoms with Crippen molar-refractivity contribution in [2.75, 3.05) is 26.1 Å². The van der Waals surface area contributed by atoms with Crippen LogP contribution >= 0.6 is 0 Å². The molecule has 0 aliphatic carbocycles. The first-order chi connectivity index (χ1) is 5.74. The van der Waals surface area contributed by atoms with Gasteiger partial charge in [-0.1, -0.05) is 12.1 Å². The third kappa shape index (κ3) is 2.24. The van der Waals surface area contributed by atoms with E-state index < -0.39 is 0 Å². The van der Waals surface area contributed by atoms with Crippen LogP contribution in [0.15, 0.2) is 24.3 Å². The normalized spacial score (nSPS) is 9.92. The first-order valence-electron chi connectivity index (χ1n) is 3.99. The zero-order valence-corrected chi connectivity index (χ0v) is 7.87. The first kappa shape index (κ1) is 9.07. The van der Waals surface area contributed by atoms with E-state index in [4.69, 9.17) is 4.74 Å². The highest BCUT2D eigenvalue weighted by atomic mass is 16.5. The van der Waals surface area contributed by atoms with Crippen LogP contribution in [-0.2, 0) is 11.3 Å². The van der Waals surface area contributed by atoms with Crippen LogP contribution in [0.1, 0.15) is 5.56 Å². The lowest BCUT2D eigenvalue weighted by Crippen LogP contribution is -2.08. The molecule has 0 bridgehead atoms. The molecule has 66 valence electrons. The largest absolute Gasteiger partial charge is 0.380 e. The highest BCUT2D eigenvalue weighted by Gasteiger charge is 1.95. The van der Waals surface area contributed by atoms with Crippen molar-refractivity contribution in [2.24, 2.45) is 0 Å². The van der Waals surface area contributed by atoms with Gasteiger partial charge in [-0.25, -0.2) is 0 Å². The van der Waals surface area contributed by atoms with E-state index in [1.54, 1.807) is 7.11 Å². The average molecular weight is 165 g/mol. The van der Waals surface area contributed by atoms with Gasteiger partial charge in [-0.05, 0) is 17.7 Å². The molecule has 0 atom stereocenters. The van der Waals surface area contributed by atoms with Crippen molar-refractivity contribution in [1.82, 2.24) is 0 Å². The molecule has 2 nitrogen and oxygen atoms in total. The van der Waals surface area contributed by atoms with Gasteiger partial charge in [0.05, 0.1) is 6.61 Å². The van der Waals surface area contributed by atoms with Crippen molar-refractivity contribution in [2.45, 2.75) is 6.61 Å². The van der Waals surface area contributed by atoms with Crippen LogP contribution in [0, 0.1) is 0 Å². The highest BCUT2D eigenvalue weighted by Crippen LogP contribution is 2.13. The molecule has 0 radical (unpaired) electrons. The van der Waals surface area contributed by atoms with Crippen LogP contribution in [0.4, 0.5) is 5.69 Å². The summed E-state index contributed by atoms with van der Waals surface area (Å²) in [4.78, 5) is 2.08. The molecule has 0 unspecified atom stereocenters. The van der Waals surface area contributed by atoms with Crippen LogP contribution in [0.2, 0.25) is 0 Å². The fraction of sp³-hybridized carbons (Fsp3) is 0.400. The van der Waals surface area contributed by atoms with Crippen molar-refractivity contribution in [3.8, 4) is 0 Å². The fourth-order valence-corrected chi connectivity index (χ4v) is 1.09. The average Bonchev–Trinajstić information content (AvgIpc) is 2.05. The molecule has 0 aromatic heterocycles. The second-order valence-corrected chi connectivity index (χ2v) is 3.00. The van der Waals surface area contributed by atoms with E-state index in [1.165, 1.54) is 11.3 Å². The van der Waals surface area contributed by atoms with Gasteiger partial charge < -0.3 is 9.64 Å². The number of methoxy groups -OCH3 is 1. The molecule has 0 aliphatic rings. The lowest BCUT2D eigenvalue weighted by Gasteiger charge is -2.13. The molecule has 0 fully saturated rings. The Bertz CT molecular complexity index is 245. The smallest absolute Gasteiger partial charge is 0.0713 e. The van der Waals surface area contributed by atoms with Crippen LogP contribution in [-0.4, -0.2) is 21.2 Å². The predicted octanol–water partition coefficient (Wildman–Crippen LogP) is 1.90. The number of hydrogen-bond acceptors (Lipinski definition) is 2. The van der Waals surface area contributed by atoms with E-state index in [-0.39, 0.29) is 0 Å². The van der Waals surface area contributed by atoms with Crippen molar-refractivity contribution >= 4 is 5.69 Å². The summed E-state index contributed by atoms with van der Waals surface area (Å²) in [6, 6.07) is 8.32. The standard InChI is InChI=1S/C10H15NO/c1-11(2)10-6-4-5-9(7-10)8-12-3/h4-7H,8H2,1-3H3. The summed E-state index contributed by atoms with van der Waals surface area (Å²) in [6.45, 7) is 0.682. The molecule has 1 aromatic rings. The van der Waals surface area contributed by atoms with Gasteiger partial charge in [0.25, 0.3) is 0 Å². The first-order valence-corrected chi connectivity index (χ1v) is 3.99. The van der Waals surface area contributed by atoms with E-state index in [1.807, 2.05) is 20.2 Å². The lowest BCUT2D eigenvalue weighted by molar-refractivity contribution is 0.185. The maximum atomic E-state index is 5.04. The summed E-state index contributed by atoms with van der Waals surface area (Å²) < 4.78 is 5.04. The van der Waals surface area contributed by atoms with E-state index in [0.717, 1.165) is 0 Å². The van der Waals surface area contributed by atoms with Gasteiger partial charge in [0.2, 0.25) is 0 Å². The number of anilines is 1. The minimum absolute atomic E-state index is 0.682. The Morgan fingerprint density at radius 2 is 2.08 bits per heavy atom. The lowest BCUT2D eigenvalue weighted by atomic mass is 10.2. The van der Waals surface area contributed by atoms with Crippen LogP contribution < -0.4 is 4.90 Å². The Kier molecular flexibility index (Phi) is 3.11. The summed E-state index contributed by atoms with van der Waals surface area (Å²) in [7, 11) is 5.78. The van der Waals surface area contributed by atoms with Gasteiger partial charge in [0.1, 0.15) is 0 Å². The maximum Gasteiger partial charge on any atom is 0.0713 e. The Morgan fingerprint density at radius 1 is 1.33 bits per heavy atom. The van der Waals surface area contributed by atoms with Crippen molar-refractivity contribution in [3.05, 3.63) is 29.8 Å². The monoisotopic (exact) mass is 165 g/mol. The van der Waals surface area contributed by atoms with Gasteiger partial charge in [0, 0.05) is 26.9 Å². The molecular formula is C10H15NO. The summed E-state index contributed by atoms with van der Waals surface area (Å²) in [5, 5.41) is 0. The molecule has 0 saturated carbocycles. The molecular weight excluding hydrogens is 150 g/mol. The SMILES string of the molecule is COCc1cccc(N(C)C)c1. The van der Waals surface area contributed by atoms with Crippen LogP contribution in [0.3, 0.4) is 0 Å². The Labute approximate surface area is 73.8 Å². The van der Waals surface area contributed by atoms with Crippen molar-refractivity contribution in [3.63, 3.8) is 0 Å². The van der Waals surface area contributed by atoms with Crippen molar-refractivity contribution in [1.29, 1.82) is 0 Å². The number of ether oxygens (including phenoxy) is 1. The molecule has 0 amide bonds. The molecule has 1 rings (SSSR count). The molecule has 0 aliphatic heterocycles. The van der Waals surface area contributed by atoms with Gasteiger partial charge >= 0.3 is 0 Å². The van der Waals surface area contributed by atoms with E-state index in [9.17, 15) is 0 Å². The van der Waals surface area contributed by atoms with Gasteiger partial charge in [-0.3, -0.25) is 0 Å². The molecule has 1 aromatic carbocycles. The Morgan fingerprint density at radius 3 is 2.67 bits per heavy atom. The van der Waals surface area contributed by atoms with E-state index >= 15 is 0 Å². The summed E-state index contributed by atoms with van der Waals surface area (Å²) in [5.74, 6) is 0. The van der Waals surface area contributed by atoms with Crippen LogP contribution in [0.25, 0.3) is 0 Å². The second kappa shape index (κ2) is 4.12. The molecule has 12 heavy (non-hydrogen) atoms. The maximum absolute atomic E-state index is 5.04. The van der Waals surface area contributed by atoms with Gasteiger partial charge in [-0.2, -0.15) is 0 Å². The molecule has 0 N–H and O–H groups in total. The predicted molar refractivity (Wildman–Crippen MR) is 51.5 cm³/mol. The van der Waals surface area contributed by atoms with Crippen LogP contribution in [0.5, 0.6) is 0 Å².